The van der Waals surface area contributed by atoms with Gasteiger partial charge >= 0.3 is 0 Å². The number of amides is 1. The maximum absolute atomic E-state index is 12.9. The van der Waals surface area contributed by atoms with Gasteiger partial charge in [0, 0.05) is 40.6 Å². The van der Waals surface area contributed by atoms with Crippen molar-refractivity contribution in [3.8, 4) is 0 Å². The lowest BCUT2D eigenvalue weighted by Gasteiger charge is -2.40. The van der Waals surface area contributed by atoms with Gasteiger partial charge in [0.25, 0.3) is 5.91 Å². The number of nitrogens with one attached hydrogen (secondary N) is 2. The van der Waals surface area contributed by atoms with Crippen LogP contribution in [0.3, 0.4) is 0 Å². The largest absolute Gasteiger partial charge is 0.369 e. The maximum atomic E-state index is 12.9. The normalized spacial score (nSPS) is 19.2. The summed E-state index contributed by atoms with van der Waals surface area (Å²) < 4.78 is 0. The van der Waals surface area contributed by atoms with Crippen molar-refractivity contribution in [3.05, 3.63) is 46.0 Å². The van der Waals surface area contributed by atoms with Gasteiger partial charge < -0.3 is 20.1 Å². The zero-order valence-electron chi connectivity index (χ0n) is 18.8. The van der Waals surface area contributed by atoms with Crippen molar-refractivity contribution >= 4 is 23.2 Å². The molecule has 2 aromatic rings. The molecule has 0 atom stereocenters. The van der Waals surface area contributed by atoms with Crippen molar-refractivity contribution in [2.24, 2.45) is 0 Å². The molecule has 164 valence electrons. The maximum Gasteiger partial charge on any atom is 0.251 e. The molecule has 0 radical (unpaired) electrons. The molecule has 2 N–H and O–H groups in total. The SMILES string of the molecule is CCN(c1cc(Cl)cc(C(=O)NCc2nc[nH]c2C)c1C)C1CCC(N(C)C)CC1. The highest BCUT2D eigenvalue weighted by molar-refractivity contribution is 6.31. The Morgan fingerprint density at radius 1 is 1.20 bits per heavy atom. The van der Waals surface area contributed by atoms with Gasteiger partial charge in [0.2, 0.25) is 0 Å². The van der Waals surface area contributed by atoms with Gasteiger partial charge in [-0.3, -0.25) is 4.79 Å². The smallest absolute Gasteiger partial charge is 0.251 e. The van der Waals surface area contributed by atoms with E-state index in [1.807, 2.05) is 19.9 Å². The number of halogens is 1. The molecule has 0 spiro atoms. The van der Waals surface area contributed by atoms with E-state index >= 15 is 0 Å². The van der Waals surface area contributed by atoms with Crippen molar-refractivity contribution < 1.29 is 4.79 Å². The molecule has 1 aromatic heterocycles. The standard InChI is InChI=1S/C23H34ClN5O/c1-6-29(19-9-7-18(8-10-19)28(4)5)22-12-17(24)11-20(15(22)2)23(30)25-13-21-16(3)26-14-27-21/h11-12,14,18-19H,6-10,13H2,1-5H3,(H,25,30)(H,26,27). The number of hydrogen-bond acceptors (Lipinski definition) is 4. The highest BCUT2D eigenvalue weighted by Gasteiger charge is 2.28. The number of anilines is 1. The van der Waals surface area contributed by atoms with Crippen molar-refractivity contribution in [3.63, 3.8) is 0 Å². The first-order valence-corrected chi connectivity index (χ1v) is 11.2. The number of aromatic nitrogens is 2. The second-order valence-corrected chi connectivity index (χ2v) is 8.90. The number of carbonyl (C=O) groups excluding carboxylic acids is 1. The summed E-state index contributed by atoms with van der Waals surface area (Å²) in [5, 5.41) is 3.58. The van der Waals surface area contributed by atoms with E-state index in [1.165, 1.54) is 12.8 Å². The molecule has 6 nitrogen and oxygen atoms in total. The third kappa shape index (κ3) is 4.98. The molecule has 3 rings (SSSR count). The van der Waals surface area contributed by atoms with Gasteiger partial charge in [-0.05, 0) is 78.2 Å². The van der Waals surface area contributed by atoms with E-state index < -0.39 is 0 Å². The molecule has 1 heterocycles. The van der Waals surface area contributed by atoms with Crippen molar-refractivity contribution in [2.75, 3.05) is 25.5 Å². The van der Waals surface area contributed by atoms with Gasteiger partial charge in [-0.2, -0.15) is 0 Å². The minimum Gasteiger partial charge on any atom is -0.369 e. The Balaban J connectivity index is 1.78. The van der Waals surface area contributed by atoms with Gasteiger partial charge in [0.1, 0.15) is 0 Å². The van der Waals surface area contributed by atoms with Crippen LogP contribution in [0.4, 0.5) is 5.69 Å². The number of benzene rings is 1. The summed E-state index contributed by atoms with van der Waals surface area (Å²) in [5.74, 6) is -0.119. The fourth-order valence-corrected chi connectivity index (χ4v) is 4.75. The second-order valence-electron chi connectivity index (χ2n) is 8.47. The van der Waals surface area contributed by atoms with Crippen LogP contribution in [-0.2, 0) is 6.54 Å². The number of hydrogen-bond donors (Lipinski definition) is 2. The van der Waals surface area contributed by atoms with Crippen LogP contribution < -0.4 is 10.2 Å². The number of aryl methyl sites for hydroxylation is 1. The van der Waals surface area contributed by atoms with Crippen LogP contribution in [0.15, 0.2) is 18.5 Å². The summed E-state index contributed by atoms with van der Waals surface area (Å²) in [4.78, 5) is 25.0. The Labute approximate surface area is 185 Å². The van der Waals surface area contributed by atoms with Crippen molar-refractivity contribution in [2.45, 2.75) is 65.1 Å². The number of rotatable bonds is 7. The number of aromatic amines is 1. The molecule has 0 unspecified atom stereocenters. The van der Waals surface area contributed by atoms with E-state index in [9.17, 15) is 4.79 Å². The first-order chi connectivity index (χ1) is 14.3. The van der Waals surface area contributed by atoms with Gasteiger partial charge in [-0.1, -0.05) is 11.6 Å². The Bertz CT molecular complexity index is 870. The quantitative estimate of drug-likeness (QED) is 0.685. The number of H-pyrrole nitrogens is 1. The van der Waals surface area contributed by atoms with E-state index in [-0.39, 0.29) is 5.91 Å². The molecule has 1 aliphatic rings. The molecule has 0 aliphatic heterocycles. The van der Waals surface area contributed by atoms with Crippen molar-refractivity contribution in [1.82, 2.24) is 20.2 Å². The monoisotopic (exact) mass is 431 g/mol. The van der Waals surface area contributed by atoms with E-state index in [1.54, 1.807) is 12.4 Å². The summed E-state index contributed by atoms with van der Waals surface area (Å²) >= 11 is 6.47. The van der Waals surface area contributed by atoms with Crippen LogP contribution in [0.5, 0.6) is 0 Å². The predicted molar refractivity (Wildman–Crippen MR) is 123 cm³/mol. The molecule has 0 saturated heterocycles. The Morgan fingerprint density at radius 2 is 1.87 bits per heavy atom. The molecule has 0 bridgehead atoms. The Morgan fingerprint density at radius 3 is 2.43 bits per heavy atom. The zero-order chi connectivity index (χ0) is 21.8. The highest BCUT2D eigenvalue weighted by Crippen LogP contribution is 2.34. The lowest BCUT2D eigenvalue weighted by molar-refractivity contribution is 0.0950. The minimum atomic E-state index is -0.119. The van der Waals surface area contributed by atoms with Gasteiger partial charge in [-0.15, -0.1) is 0 Å². The second kappa shape index (κ2) is 9.84. The molecule has 7 heteroatoms. The lowest BCUT2D eigenvalue weighted by atomic mass is 9.89. The zero-order valence-corrected chi connectivity index (χ0v) is 19.5. The summed E-state index contributed by atoms with van der Waals surface area (Å²) in [6.45, 7) is 7.43. The van der Waals surface area contributed by atoms with Crippen LogP contribution in [0, 0.1) is 13.8 Å². The molecule has 30 heavy (non-hydrogen) atoms. The lowest BCUT2D eigenvalue weighted by Crippen LogP contribution is -2.42. The fraction of sp³-hybridized carbons (Fsp3) is 0.565. The molecule has 1 aliphatic carbocycles. The van der Waals surface area contributed by atoms with E-state index in [0.29, 0.717) is 29.2 Å². The number of nitrogens with zero attached hydrogens (tertiary/aromatic N) is 3. The first kappa shape index (κ1) is 22.6. The van der Waals surface area contributed by atoms with Crippen LogP contribution in [0.2, 0.25) is 5.02 Å². The van der Waals surface area contributed by atoms with Crippen LogP contribution in [-0.4, -0.2) is 53.5 Å². The van der Waals surface area contributed by atoms with E-state index in [2.05, 4.69) is 46.1 Å². The first-order valence-electron chi connectivity index (χ1n) is 10.8. The summed E-state index contributed by atoms with van der Waals surface area (Å²) in [5.41, 5.74) is 4.48. The summed E-state index contributed by atoms with van der Waals surface area (Å²) in [6.07, 6.45) is 6.35. The van der Waals surface area contributed by atoms with Crippen LogP contribution in [0.25, 0.3) is 0 Å². The van der Waals surface area contributed by atoms with Gasteiger partial charge in [0.05, 0.1) is 18.6 Å². The summed E-state index contributed by atoms with van der Waals surface area (Å²) in [7, 11) is 4.33. The third-order valence-corrected chi connectivity index (χ3v) is 6.65. The topological polar surface area (TPSA) is 64.3 Å². The third-order valence-electron chi connectivity index (χ3n) is 6.43. The van der Waals surface area contributed by atoms with Gasteiger partial charge in [0.15, 0.2) is 0 Å². The minimum absolute atomic E-state index is 0.119. The van der Waals surface area contributed by atoms with Crippen LogP contribution >= 0.6 is 11.6 Å². The van der Waals surface area contributed by atoms with Crippen LogP contribution in [0.1, 0.15) is 59.9 Å². The van der Waals surface area contributed by atoms with Gasteiger partial charge in [-0.25, -0.2) is 4.98 Å². The molecule has 1 fully saturated rings. The molecular formula is C23H34ClN5O. The Hall–Kier alpha value is -2.05. The number of carbonyl (C=O) groups is 1. The summed E-state index contributed by atoms with van der Waals surface area (Å²) in [6, 6.07) is 4.91. The van der Waals surface area contributed by atoms with E-state index in [4.69, 9.17) is 11.6 Å². The number of imidazole rings is 1. The average molecular weight is 432 g/mol. The highest BCUT2D eigenvalue weighted by atomic mass is 35.5. The Kier molecular flexibility index (Phi) is 7.42. The molecule has 1 amide bonds. The fourth-order valence-electron chi connectivity index (χ4n) is 4.53. The molecule has 1 aromatic carbocycles. The molecule has 1 saturated carbocycles. The van der Waals surface area contributed by atoms with Crippen molar-refractivity contribution in [1.29, 1.82) is 0 Å². The molecular weight excluding hydrogens is 398 g/mol. The predicted octanol–water partition coefficient (Wildman–Crippen LogP) is 4.31. The average Bonchev–Trinajstić information content (AvgIpc) is 3.14. The van der Waals surface area contributed by atoms with E-state index in [0.717, 1.165) is 42.0 Å².